The van der Waals surface area contributed by atoms with Gasteiger partial charge in [-0.15, -0.1) is 0 Å². The van der Waals surface area contributed by atoms with Crippen LogP contribution >= 0.6 is 11.8 Å². The van der Waals surface area contributed by atoms with E-state index >= 15 is 0 Å². The fourth-order valence-electron chi connectivity index (χ4n) is 2.09. The van der Waals surface area contributed by atoms with E-state index in [-0.39, 0.29) is 36.1 Å². The van der Waals surface area contributed by atoms with Crippen LogP contribution in [0.4, 0.5) is 4.79 Å². The SMILES string of the molecule is COC(=O)CCNC(=O)NC(CSC(C)=O)Cc1ccccc1C. The number of hydrogen-bond acceptors (Lipinski definition) is 5. The lowest BCUT2D eigenvalue weighted by molar-refractivity contribution is -0.140. The van der Waals surface area contributed by atoms with Crippen molar-refractivity contribution in [2.45, 2.75) is 32.7 Å². The van der Waals surface area contributed by atoms with Crippen molar-refractivity contribution in [2.75, 3.05) is 19.4 Å². The number of urea groups is 1. The molecule has 2 amide bonds. The fourth-order valence-corrected chi connectivity index (χ4v) is 2.73. The van der Waals surface area contributed by atoms with Crippen molar-refractivity contribution in [1.82, 2.24) is 10.6 Å². The summed E-state index contributed by atoms with van der Waals surface area (Å²) < 4.78 is 4.52. The lowest BCUT2D eigenvalue weighted by Crippen LogP contribution is -2.45. The molecule has 0 aliphatic rings. The van der Waals surface area contributed by atoms with Crippen molar-refractivity contribution in [2.24, 2.45) is 0 Å². The van der Waals surface area contributed by atoms with Crippen LogP contribution in [0, 0.1) is 6.92 Å². The van der Waals surface area contributed by atoms with Crippen LogP contribution in [0.1, 0.15) is 24.5 Å². The van der Waals surface area contributed by atoms with Crippen LogP contribution in [0.15, 0.2) is 24.3 Å². The molecule has 132 valence electrons. The zero-order valence-electron chi connectivity index (χ0n) is 14.3. The van der Waals surface area contributed by atoms with Crippen LogP contribution in [0.5, 0.6) is 0 Å². The van der Waals surface area contributed by atoms with Crippen molar-refractivity contribution in [3.8, 4) is 0 Å². The lowest BCUT2D eigenvalue weighted by atomic mass is 10.0. The highest BCUT2D eigenvalue weighted by Gasteiger charge is 2.15. The topological polar surface area (TPSA) is 84.5 Å². The Morgan fingerprint density at radius 2 is 1.96 bits per heavy atom. The number of aryl methyl sites for hydroxylation is 1. The summed E-state index contributed by atoms with van der Waals surface area (Å²) in [7, 11) is 1.31. The summed E-state index contributed by atoms with van der Waals surface area (Å²) in [6, 6.07) is 7.40. The molecular formula is C17H24N2O4S. The third kappa shape index (κ3) is 8.01. The van der Waals surface area contributed by atoms with Gasteiger partial charge in [-0.3, -0.25) is 9.59 Å². The van der Waals surface area contributed by atoms with Crippen molar-refractivity contribution < 1.29 is 19.1 Å². The Morgan fingerprint density at radius 3 is 2.58 bits per heavy atom. The first kappa shape index (κ1) is 20.0. The maximum Gasteiger partial charge on any atom is 0.315 e. The molecule has 7 heteroatoms. The molecule has 0 spiro atoms. The van der Waals surface area contributed by atoms with E-state index < -0.39 is 0 Å². The van der Waals surface area contributed by atoms with Gasteiger partial charge < -0.3 is 15.4 Å². The van der Waals surface area contributed by atoms with E-state index in [1.54, 1.807) is 0 Å². The van der Waals surface area contributed by atoms with Gasteiger partial charge in [-0.25, -0.2) is 4.79 Å². The van der Waals surface area contributed by atoms with Crippen LogP contribution in [-0.2, 0) is 20.7 Å². The van der Waals surface area contributed by atoms with E-state index in [0.29, 0.717) is 12.2 Å². The maximum absolute atomic E-state index is 12.0. The van der Waals surface area contributed by atoms with Crippen molar-refractivity contribution >= 4 is 28.9 Å². The van der Waals surface area contributed by atoms with Gasteiger partial charge in [-0.1, -0.05) is 36.0 Å². The molecule has 0 fully saturated rings. The summed E-state index contributed by atoms with van der Waals surface area (Å²) in [5.41, 5.74) is 2.27. The molecule has 0 saturated carbocycles. The lowest BCUT2D eigenvalue weighted by Gasteiger charge is -2.19. The van der Waals surface area contributed by atoms with Gasteiger partial charge in [0.25, 0.3) is 0 Å². The highest BCUT2D eigenvalue weighted by molar-refractivity contribution is 8.13. The second-order valence-corrected chi connectivity index (χ2v) is 6.55. The third-order valence-electron chi connectivity index (χ3n) is 3.39. The molecule has 1 aromatic carbocycles. The number of rotatable bonds is 8. The number of esters is 1. The number of carbonyl (C=O) groups is 3. The Balaban J connectivity index is 2.58. The van der Waals surface area contributed by atoms with Crippen molar-refractivity contribution in [3.63, 3.8) is 0 Å². The number of ether oxygens (including phenoxy) is 1. The molecule has 1 aromatic rings. The maximum atomic E-state index is 12.0. The average Bonchev–Trinajstić information content (AvgIpc) is 2.54. The fraction of sp³-hybridized carbons (Fsp3) is 0.471. The van der Waals surface area contributed by atoms with E-state index in [1.165, 1.54) is 25.8 Å². The monoisotopic (exact) mass is 352 g/mol. The molecule has 1 rings (SSSR count). The zero-order chi connectivity index (χ0) is 17.9. The molecule has 0 aliphatic heterocycles. The second-order valence-electron chi connectivity index (χ2n) is 5.36. The molecule has 24 heavy (non-hydrogen) atoms. The molecule has 0 aliphatic carbocycles. The summed E-state index contributed by atoms with van der Waals surface area (Å²) in [4.78, 5) is 34.2. The first-order valence-corrected chi connectivity index (χ1v) is 8.70. The Bertz CT molecular complexity index is 577. The van der Waals surface area contributed by atoms with Gasteiger partial charge in [0.1, 0.15) is 0 Å². The molecule has 2 N–H and O–H groups in total. The van der Waals surface area contributed by atoms with Crippen molar-refractivity contribution in [1.29, 1.82) is 0 Å². The summed E-state index contributed by atoms with van der Waals surface area (Å²) in [6.45, 7) is 3.72. The third-order valence-corrected chi connectivity index (χ3v) is 4.37. The number of thioether (sulfide) groups is 1. The predicted octanol–water partition coefficient (Wildman–Crippen LogP) is 2.05. The van der Waals surface area contributed by atoms with Gasteiger partial charge in [0.2, 0.25) is 0 Å². The van der Waals surface area contributed by atoms with Crippen LogP contribution in [0.2, 0.25) is 0 Å². The number of hydrogen-bond donors (Lipinski definition) is 2. The Hall–Kier alpha value is -2.02. The predicted molar refractivity (Wildman–Crippen MR) is 95.0 cm³/mol. The highest BCUT2D eigenvalue weighted by Crippen LogP contribution is 2.13. The summed E-state index contributed by atoms with van der Waals surface area (Å²) in [5, 5.41) is 5.50. The number of methoxy groups -OCH3 is 1. The number of carbonyl (C=O) groups excluding carboxylic acids is 3. The highest BCUT2D eigenvalue weighted by atomic mass is 32.2. The van der Waals surface area contributed by atoms with Crippen LogP contribution < -0.4 is 10.6 Å². The number of benzene rings is 1. The molecule has 0 heterocycles. The quantitative estimate of drug-likeness (QED) is 0.700. The number of amides is 2. The summed E-state index contributed by atoms with van der Waals surface area (Å²) in [5.74, 6) is 0.118. The van der Waals surface area contributed by atoms with Crippen LogP contribution in [0.25, 0.3) is 0 Å². The first-order chi connectivity index (χ1) is 11.4. The van der Waals surface area contributed by atoms with Crippen molar-refractivity contribution in [3.05, 3.63) is 35.4 Å². The van der Waals surface area contributed by atoms with Gasteiger partial charge in [0.15, 0.2) is 5.12 Å². The Kier molecular flexibility index (Phi) is 8.93. The molecule has 0 bridgehead atoms. The first-order valence-electron chi connectivity index (χ1n) is 7.71. The van der Waals surface area contributed by atoms with Gasteiger partial charge in [0.05, 0.1) is 13.5 Å². The Labute approximate surface area is 146 Å². The molecule has 0 saturated heterocycles. The Morgan fingerprint density at radius 1 is 1.25 bits per heavy atom. The second kappa shape index (κ2) is 10.7. The normalized spacial score (nSPS) is 11.5. The van der Waals surface area contributed by atoms with E-state index in [1.807, 2.05) is 31.2 Å². The zero-order valence-corrected chi connectivity index (χ0v) is 15.1. The molecular weight excluding hydrogens is 328 g/mol. The summed E-state index contributed by atoms with van der Waals surface area (Å²) in [6.07, 6.45) is 0.756. The van der Waals surface area contributed by atoms with Crippen LogP contribution in [0.3, 0.4) is 0 Å². The molecule has 0 aromatic heterocycles. The van der Waals surface area contributed by atoms with E-state index in [9.17, 15) is 14.4 Å². The minimum absolute atomic E-state index is 0.0117. The van der Waals surface area contributed by atoms with Gasteiger partial charge >= 0.3 is 12.0 Å². The molecule has 6 nitrogen and oxygen atoms in total. The molecule has 1 atom stereocenters. The smallest absolute Gasteiger partial charge is 0.315 e. The van der Waals surface area contributed by atoms with Gasteiger partial charge in [-0.2, -0.15) is 0 Å². The molecule has 0 radical (unpaired) electrons. The minimum atomic E-state index is -0.376. The van der Waals surface area contributed by atoms with Crippen LogP contribution in [-0.4, -0.2) is 42.6 Å². The minimum Gasteiger partial charge on any atom is -0.469 e. The van der Waals surface area contributed by atoms with E-state index in [2.05, 4.69) is 15.4 Å². The largest absolute Gasteiger partial charge is 0.469 e. The van der Waals surface area contributed by atoms with E-state index in [4.69, 9.17) is 0 Å². The number of nitrogens with one attached hydrogen (secondary N) is 2. The van der Waals surface area contributed by atoms with Gasteiger partial charge in [0, 0.05) is 25.3 Å². The average molecular weight is 352 g/mol. The standard InChI is InChI=1S/C17H24N2O4S/c1-12-6-4-5-7-14(12)10-15(11-24-13(2)20)19-17(22)18-9-8-16(21)23-3/h4-7,15H,8-11H2,1-3H3,(H2,18,19,22). The molecule has 1 unspecified atom stereocenters. The summed E-state index contributed by atoms with van der Waals surface area (Å²) >= 11 is 1.18. The van der Waals surface area contributed by atoms with Gasteiger partial charge in [-0.05, 0) is 24.5 Å². The van der Waals surface area contributed by atoms with E-state index in [0.717, 1.165) is 11.1 Å².